The topological polar surface area (TPSA) is 49.3 Å². The number of hydrogen-bond donors (Lipinski definition) is 2. The highest BCUT2D eigenvalue weighted by molar-refractivity contribution is 5.73. The van der Waals surface area contributed by atoms with Gasteiger partial charge in [0.05, 0.1) is 0 Å². The van der Waals surface area contributed by atoms with E-state index in [-0.39, 0.29) is 6.04 Å². The molecule has 0 amide bonds. The second-order valence-electron chi connectivity index (χ2n) is 3.10. The molecule has 0 bridgehead atoms. The van der Waals surface area contributed by atoms with Gasteiger partial charge in [0.2, 0.25) is 0 Å². The summed E-state index contributed by atoms with van der Waals surface area (Å²) in [7, 11) is 1.70. The van der Waals surface area contributed by atoms with E-state index in [9.17, 15) is 4.79 Å². The molecule has 72 valence electrons. The molecule has 0 aliphatic carbocycles. The summed E-state index contributed by atoms with van der Waals surface area (Å²) < 4.78 is 0. The van der Waals surface area contributed by atoms with Crippen LogP contribution in [-0.4, -0.2) is 24.2 Å². The van der Waals surface area contributed by atoms with Gasteiger partial charge in [-0.2, -0.15) is 0 Å². The highest BCUT2D eigenvalue weighted by atomic mass is 16.4. The molecule has 0 aliphatic rings. The highest BCUT2D eigenvalue weighted by Gasteiger charge is 2.18. The molecule has 0 spiro atoms. The van der Waals surface area contributed by atoms with E-state index in [0.717, 1.165) is 19.3 Å². The smallest absolute Gasteiger partial charge is 0.320 e. The van der Waals surface area contributed by atoms with Crippen molar-refractivity contribution in [2.24, 2.45) is 5.92 Å². The monoisotopic (exact) mass is 173 g/mol. The lowest BCUT2D eigenvalue weighted by Crippen LogP contribution is -2.35. The third kappa shape index (κ3) is 3.72. The summed E-state index contributed by atoms with van der Waals surface area (Å²) in [6.45, 7) is 4.20. The van der Waals surface area contributed by atoms with Crippen molar-refractivity contribution in [2.45, 2.75) is 39.2 Å². The third-order valence-electron chi connectivity index (χ3n) is 2.37. The van der Waals surface area contributed by atoms with Crippen LogP contribution in [0.1, 0.15) is 33.1 Å². The van der Waals surface area contributed by atoms with Gasteiger partial charge in [-0.25, -0.2) is 0 Å². The molecular formula is C9H19NO2. The minimum absolute atomic E-state index is 0.380. The fourth-order valence-electron chi connectivity index (χ4n) is 1.30. The Morgan fingerprint density at radius 2 is 1.92 bits per heavy atom. The zero-order valence-electron chi connectivity index (χ0n) is 8.13. The van der Waals surface area contributed by atoms with Gasteiger partial charge >= 0.3 is 5.97 Å². The maximum absolute atomic E-state index is 10.6. The van der Waals surface area contributed by atoms with E-state index in [2.05, 4.69) is 19.2 Å². The molecule has 2 N–H and O–H groups in total. The molecule has 0 saturated heterocycles. The Labute approximate surface area is 74.2 Å². The summed E-state index contributed by atoms with van der Waals surface area (Å²) in [5, 5.41) is 11.6. The minimum Gasteiger partial charge on any atom is -0.480 e. The van der Waals surface area contributed by atoms with E-state index in [1.165, 1.54) is 0 Å². The Morgan fingerprint density at radius 1 is 1.42 bits per heavy atom. The Balaban J connectivity index is 3.91. The van der Waals surface area contributed by atoms with Crippen LogP contribution in [0.25, 0.3) is 0 Å². The number of aliphatic carboxylic acids is 1. The van der Waals surface area contributed by atoms with Crippen LogP contribution >= 0.6 is 0 Å². The predicted octanol–water partition coefficient (Wildman–Crippen LogP) is 1.49. The maximum atomic E-state index is 10.6. The molecule has 0 rings (SSSR count). The minimum atomic E-state index is -0.746. The van der Waals surface area contributed by atoms with Crippen LogP contribution in [0.2, 0.25) is 0 Å². The first-order valence-corrected chi connectivity index (χ1v) is 4.55. The fraction of sp³-hybridized carbons (Fsp3) is 0.889. The Morgan fingerprint density at radius 3 is 2.17 bits per heavy atom. The second kappa shape index (κ2) is 6.00. The van der Waals surface area contributed by atoms with E-state index in [1.54, 1.807) is 7.05 Å². The van der Waals surface area contributed by atoms with Crippen molar-refractivity contribution in [3.8, 4) is 0 Å². The largest absolute Gasteiger partial charge is 0.480 e. The summed E-state index contributed by atoms with van der Waals surface area (Å²) in [5.74, 6) is -0.219. The van der Waals surface area contributed by atoms with Gasteiger partial charge < -0.3 is 10.4 Å². The van der Waals surface area contributed by atoms with Gasteiger partial charge in [-0.1, -0.05) is 26.7 Å². The zero-order valence-corrected chi connectivity index (χ0v) is 8.13. The average Bonchev–Trinajstić information content (AvgIpc) is 2.06. The molecule has 0 aromatic rings. The first kappa shape index (κ1) is 11.4. The van der Waals surface area contributed by atoms with Crippen LogP contribution in [0.5, 0.6) is 0 Å². The quantitative estimate of drug-likeness (QED) is 0.639. The number of carboxylic acid groups (broad SMARTS) is 1. The third-order valence-corrected chi connectivity index (χ3v) is 2.37. The van der Waals surface area contributed by atoms with Crippen molar-refractivity contribution in [3.63, 3.8) is 0 Å². The van der Waals surface area contributed by atoms with Crippen LogP contribution in [-0.2, 0) is 4.79 Å². The Bertz CT molecular complexity index is 132. The summed E-state index contributed by atoms with van der Waals surface area (Å²) in [6.07, 6.45) is 2.85. The van der Waals surface area contributed by atoms with Crippen LogP contribution < -0.4 is 5.32 Å². The molecule has 0 heterocycles. The molecule has 0 saturated carbocycles. The van der Waals surface area contributed by atoms with Crippen LogP contribution in [0, 0.1) is 5.92 Å². The highest BCUT2D eigenvalue weighted by Crippen LogP contribution is 2.14. The van der Waals surface area contributed by atoms with Crippen molar-refractivity contribution < 1.29 is 9.90 Å². The van der Waals surface area contributed by atoms with Crippen molar-refractivity contribution >= 4 is 5.97 Å². The molecule has 3 nitrogen and oxygen atoms in total. The Kier molecular flexibility index (Phi) is 5.72. The SMILES string of the molecule is CCC(CC)C[C@H](NC)C(=O)O. The molecule has 12 heavy (non-hydrogen) atoms. The van der Waals surface area contributed by atoms with Gasteiger partial charge in [0.25, 0.3) is 0 Å². The van der Waals surface area contributed by atoms with Gasteiger partial charge in [-0.3, -0.25) is 4.79 Å². The molecule has 0 aliphatic heterocycles. The number of hydrogen-bond acceptors (Lipinski definition) is 2. The first-order valence-electron chi connectivity index (χ1n) is 4.55. The number of rotatable bonds is 6. The Hall–Kier alpha value is -0.570. The van der Waals surface area contributed by atoms with Crippen molar-refractivity contribution in [3.05, 3.63) is 0 Å². The summed E-state index contributed by atoms with van der Waals surface area (Å²) in [5.41, 5.74) is 0. The predicted molar refractivity (Wildman–Crippen MR) is 49.2 cm³/mol. The van der Waals surface area contributed by atoms with Gasteiger partial charge in [-0.05, 0) is 19.4 Å². The summed E-state index contributed by atoms with van der Waals surface area (Å²) in [6, 6.07) is -0.380. The summed E-state index contributed by atoms with van der Waals surface area (Å²) >= 11 is 0. The number of carbonyl (C=O) groups is 1. The molecule has 0 radical (unpaired) electrons. The molecule has 3 heteroatoms. The molecule has 0 unspecified atom stereocenters. The van der Waals surface area contributed by atoms with E-state index in [0.29, 0.717) is 5.92 Å². The van der Waals surface area contributed by atoms with E-state index in [1.807, 2.05) is 0 Å². The van der Waals surface area contributed by atoms with Gasteiger partial charge in [-0.15, -0.1) is 0 Å². The van der Waals surface area contributed by atoms with E-state index < -0.39 is 5.97 Å². The lowest BCUT2D eigenvalue weighted by molar-refractivity contribution is -0.139. The van der Waals surface area contributed by atoms with Crippen molar-refractivity contribution in [1.29, 1.82) is 0 Å². The van der Waals surface area contributed by atoms with Crippen LogP contribution in [0.3, 0.4) is 0 Å². The standard InChI is InChI=1S/C9H19NO2/c1-4-7(5-2)6-8(10-3)9(11)12/h7-8,10H,4-6H2,1-3H3,(H,11,12)/t8-/m0/s1. The first-order chi connectivity index (χ1) is 5.65. The molecule has 1 atom stereocenters. The summed E-state index contributed by atoms with van der Waals surface area (Å²) in [4.78, 5) is 10.6. The van der Waals surface area contributed by atoms with Gasteiger partial charge in [0, 0.05) is 0 Å². The van der Waals surface area contributed by atoms with Crippen LogP contribution in [0.15, 0.2) is 0 Å². The van der Waals surface area contributed by atoms with E-state index >= 15 is 0 Å². The normalized spacial score (nSPS) is 13.3. The molecule has 0 fully saturated rings. The number of carboxylic acids is 1. The fourth-order valence-corrected chi connectivity index (χ4v) is 1.30. The molecule has 0 aromatic heterocycles. The maximum Gasteiger partial charge on any atom is 0.320 e. The molecule has 0 aromatic carbocycles. The number of nitrogens with one attached hydrogen (secondary N) is 1. The lowest BCUT2D eigenvalue weighted by Gasteiger charge is -2.17. The van der Waals surface area contributed by atoms with Crippen molar-refractivity contribution in [2.75, 3.05) is 7.05 Å². The van der Waals surface area contributed by atoms with E-state index in [4.69, 9.17) is 5.11 Å². The van der Waals surface area contributed by atoms with Gasteiger partial charge in [0.1, 0.15) is 6.04 Å². The number of likely N-dealkylation sites (N-methyl/N-ethyl adjacent to an activating group) is 1. The lowest BCUT2D eigenvalue weighted by atomic mass is 9.95. The average molecular weight is 173 g/mol. The van der Waals surface area contributed by atoms with Crippen molar-refractivity contribution in [1.82, 2.24) is 5.32 Å². The second-order valence-corrected chi connectivity index (χ2v) is 3.10. The molecular weight excluding hydrogens is 154 g/mol. The van der Waals surface area contributed by atoms with Crippen LogP contribution in [0.4, 0.5) is 0 Å². The zero-order chi connectivity index (χ0) is 9.56. The van der Waals surface area contributed by atoms with Gasteiger partial charge in [0.15, 0.2) is 0 Å².